The number of fused-ring (bicyclic) bond motifs is 1. The summed E-state index contributed by atoms with van der Waals surface area (Å²) in [6.07, 6.45) is -3.16. The van der Waals surface area contributed by atoms with E-state index in [4.69, 9.17) is 9.26 Å². The number of aryl methyl sites for hydroxylation is 1. The lowest BCUT2D eigenvalue weighted by Crippen LogP contribution is -2.40. The van der Waals surface area contributed by atoms with E-state index in [0.717, 1.165) is 4.57 Å². The van der Waals surface area contributed by atoms with E-state index in [1.165, 1.54) is 13.1 Å². The van der Waals surface area contributed by atoms with Gasteiger partial charge in [-0.2, -0.15) is 0 Å². The molecule has 21 heavy (non-hydrogen) atoms. The molecule has 0 aliphatic carbocycles. The molecule has 2 aliphatic heterocycles. The standard InChI is InChI=1S/C10H13N2O8P/c1-4-2-12(10(15)11-8(4)14)9-6(13)7-5(19-9)3-18-21(16,17)20-7/h2,5-7,9,13H,3H2,1H3,(H,16,17)(H,11,14,15)/t5-,6-,7-,9-/m1/s1. The van der Waals surface area contributed by atoms with Crippen molar-refractivity contribution in [2.45, 2.75) is 31.5 Å². The Kier molecular flexibility index (Phi) is 3.40. The van der Waals surface area contributed by atoms with Crippen LogP contribution in [-0.2, 0) is 18.3 Å². The molecule has 2 aliphatic rings. The van der Waals surface area contributed by atoms with Crippen molar-refractivity contribution in [3.63, 3.8) is 0 Å². The first-order chi connectivity index (χ1) is 9.78. The van der Waals surface area contributed by atoms with Gasteiger partial charge in [-0.1, -0.05) is 0 Å². The third-order valence-electron chi connectivity index (χ3n) is 3.39. The molecule has 0 saturated carbocycles. The molecular weight excluding hydrogens is 307 g/mol. The maximum Gasteiger partial charge on any atom is 0.472 e. The van der Waals surface area contributed by atoms with Crippen molar-refractivity contribution >= 4 is 7.82 Å². The fraction of sp³-hybridized carbons (Fsp3) is 0.600. The molecule has 10 nitrogen and oxygen atoms in total. The number of nitrogens with zero attached hydrogens (tertiary/aromatic N) is 1. The van der Waals surface area contributed by atoms with E-state index in [-0.39, 0.29) is 12.2 Å². The van der Waals surface area contributed by atoms with Crippen molar-refractivity contribution in [2.24, 2.45) is 0 Å². The zero-order chi connectivity index (χ0) is 15.4. The van der Waals surface area contributed by atoms with Crippen molar-refractivity contribution in [2.75, 3.05) is 6.61 Å². The van der Waals surface area contributed by atoms with Crippen LogP contribution in [-0.4, -0.2) is 44.5 Å². The van der Waals surface area contributed by atoms with Gasteiger partial charge < -0.3 is 14.7 Å². The van der Waals surface area contributed by atoms with Crippen molar-refractivity contribution in [1.82, 2.24) is 9.55 Å². The maximum absolute atomic E-state index is 11.8. The van der Waals surface area contributed by atoms with E-state index in [1.807, 2.05) is 0 Å². The quantitative estimate of drug-likeness (QED) is 0.538. The van der Waals surface area contributed by atoms with E-state index in [0.29, 0.717) is 0 Å². The Morgan fingerprint density at radius 3 is 2.90 bits per heavy atom. The summed E-state index contributed by atoms with van der Waals surface area (Å²) in [5.74, 6) is 0. The van der Waals surface area contributed by atoms with E-state index in [2.05, 4.69) is 9.51 Å². The van der Waals surface area contributed by atoms with Gasteiger partial charge in [0.15, 0.2) is 6.23 Å². The predicted octanol–water partition coefficient (Wildman–Crippen LogP) is -1.38. The molecule has 116 valence electrons. The Morgan fingerprint density at radius 2 is 2.19 bits per heavy atom. The van der Waals surface area contributed by atoms with Gasteiger partial charge in [0.25, 0.3) is 5.56 Å². The zero-order valence-electron chi connectivity index (χ0n) is 10.8. The number of nitrogens with one attached hydrogen (secondary N) is 1. The second-order valence-electron chi connectivity index (χ2n) is 4.87. The fourth-order valence-electron chi connectivity index (χ4n) is 2.34. The molecule has 0 spiro atoms. The summed E-state index contributed by atoms with van der Waals surface area (Å²) >= 11 is 0. The number of hydrogen-bond acceptors (Lipinski definition) is 7. The smallest absolute Gasteiger partial charge is 0.386 e. The van der Waals surface area contributed by atoms with Crippen LogP contribution < -0.4 is 11.2 Å². The van der Waals surface area contributed by atoms with Gasteiger partial charge in [0.05, 0.1) is 6.61 Å². The topological polar surface area (TPSA) is 140 Å². The molecule has 11 heteroatoms. The average Bonchev–Trinajstić information content (AvgIpc) is 2.70. The molecule has 0 bridgehead atoms. The molecule has 2 fully saturated rings. The second kappa shape index (κ2) is 4.87. The summed E-state index contributed by atoms with van der Waals surface area (Å²) in [5, 5.41) is 10.2. The van der Waals surface area contributed by atoms with Crippen LogP contribution in [0.3, 0.4) is 0 Å². The van der Waals surface area contributed by atoms with Gasteiger partial charge >= 0.3 is 13.5 Å². The summed E-state index contributed by atoms with van der Waals surface area (Å²) in [7, 11) is -4.23. The Labute approximate surface area is 117 Å². The second-order valence-corrected chi connectivity index (χ2v) is 6.27. The SMILES string of the molecule is Cc1cn([C@@H]2O[C@@H]3COP(=O)(O)O[C@H]3[C@H]2O)c(=O)[nH]c1=O. The van der Waals surface area contributed by atoms with Gasteiger partial charge in [0, 0.05) is 11.8 Å². The number of aromatic amines is 1. The molecule has 3 heterocycles. The number of aromatic nitrogens is 2. The van der Waals surface area contributed by atoms with Gasteiger partial charge in [-0.25, -0.2) is 9.36 Å². The van der Waals surface area contributed by atoms with Crippen molar-refractivity contribution in [3.8, 4) is 0 Å². The number of ether oxygens (including phenoxy) is 1. The van der Waals surface area contributed by atoms with E-state index < -0.39 is 43.6 Å². The van der Waals surface area contributed by atoms with Crippen LogP contribution in [0.5, 0.6) is 0 Å². The monoisotopic (exact) mass is 320 g/mol. The number of hydrogen-bond donors (Lipinski definition) is 3. The minimum atomic E-state index is -4.23. The number of phosphoric ester groups is 1. The lowest BCUT2D eigenvalue weighted by molar-refractivity contribution is -0.0686. The highest BCUT2D eigenvalue weighted by molar-refractivity contribution is 7.47. The van der Waals surface area contributed by atoms with E-state index >= 15 is 0 Å². The van der Waals surface area contributed by atoms with Crippen LogP contribution in [0.25, 0.3) is 0 Å². The van der Waals surface area contributed by atoms with Crippen LogP contribution in [0.1, 0.15) is 11.8 Å². The predicted molar refractivity (Wildman–Crippen MR) is 66.6 cm³/mol. The Hall–Kier alpha value is -1.29. The molecule has 3 rings (SSSR count). The number of H-pyrrole nitrogens is 1. The maximum atomic E-state index is 11.8. The molecule has 0 radical (unpaired) electrons. The molecule has 5 atom stereocenters. The van der Waals surface area contributed by atoms with Crippen LogP contribution in [0.2, 0.25) is 0 Å². The van der Waals surface area contributed by atoms with Crippen LogP contribution in [0, 0.1) is 6.92 Å². The van der Waals surface area contributed by atoms with Crippen molar-refractivity contribution in [3.05, 3.63) is 32.6 Å². The molecular formula is C10H13N2O8P. The normalized spacial score (nSPS) is 39.2. The van der Waals surface area contributed by atoms with E-state index in [9.17, 15) is 24.2 Å². The summed E-state index contributed by atoms with van der Waals surface area (Å²) < 4.78 is 27.2. The van der Waals surface area contributed by atoms with Crippen LogP contribution >= 0.6 is 7.82 Å². The van der Waals surface area contributed by atoms with Crippen molar-refractivity contribution < 1.29 is 28.3 Å². The summed E-state index contributed by atoms with van der Waals surface area (Å²) in [4.78, 5) is 34.5. The summed E-state index contributed by atoms with van der Waals surface area (Å²) in [6.45, 7) is 1.24. The van der Waals surface area contributed by atoms with Gasteiger partial charge in [0.1, 0.15) is 18.3 Å². The highest BCUT2D eigenvalue weighted by Gasteiger charge is 2.52. The number of aliphatic hydroxyl groups is 1. The van der Waals surface area contributed by atoms with Crippen LogP contribution in [0.15, 0.2) is 15.8 Å². The van der Waals surface area contributed by atoms with E-state index in [1.54, 1.807) is 0 Å². The number of aliphatic hydroxyl groups excluding tert-OH is 1. The molecule has 1 aromatic rings. The molecule has 0 amide bonds. The molecule has 0 aromatic carbocycles. The minimum absolute atomic E-state index is 0.247. The first kappa shape index (κ1) is 14.6. The minimum Gasteiger partial charge on any atom is -0.386 e. The van der Waals surface area contributed by atoms with Gasteiger partial charge in [0.2, 0.25) is 0 Å². The van der Waals surface area contributed by atoms with Crippen LogP contribution in [0.4, 0.5) is 0 Å². The third kappa shape index (κ3) is 2.50. The number of phosphoric acid groups is 1. The number of rotatable bonds is 1. The largest absolute Gasteiger partial charge is 0.472 e. The molecule has 2 saturated heterocycles. The third-order valence-corrected chi connectivity index (χ3v) is 4.37. The average molecular weight is 320 g/mol. The molecule has 1 unspecified atom stereocenters. The first-order valence-corrected chi connectivity index (χ1v) is 7.59. The Balaban J connectivity index is 1.95. The summed E-state index contributed by atoms with van der Waals surface area (Å²) in [5.41, 5.74) is -1.05. The zero-order valence-corrected chi connectivity index (χ0v) is 11.7. The lowest BCUT2D eigenvalue weighted by atomic mass is 10.1. The van der Waals surface area contributed by atoms with Crippen molar-refractivity contribution in [1.29, 1.82) is 0 Å². The molecule has 3 N–H and O–H groups in total. The highest BCUT2D eigenvalue weighted by atomic mass is 31.2. The highest BCUT2D eigenvalue weighted by Crippen LogP contribution is 2.52. The van der Waals surface area contributed by atoms with Gasteiger partial charge in [-0.05, 0) is 6.92 Å². The Bertz CT molecular complexity index is 727. The van der Waals surface area contributed by atoms with Gasteiger partial charge in [-0.3, -0.25) is 23.4 Å². The summed E-state index contributed by atoms with van der Waals surface area (Å²) in [6, 6.07) is 0. The van der Waals surface area contributed by atoms with Gasteiger partial charge in [-0.15, -0.1) is 0 Å². The first-order valence-electron chi connectivity index (χ1n) is 6.10. The fourth-order valence-corrected chi connectivity index (χ4v) is 3.30. The lowest BCUT2D eigenvalue weighted by Gasteiger charge is -2.27. The molecule has 1 aromatic heterocycles. The Morgan fingerprint density at radius 1 is 1.48 bits per heavy atom.